The van der Waals surface area contributed by atoms with Crippen LogP contribution in [-0.2, 0) is 4.79 Å². The van der Waals surface area contributed by atoms with Gasteiger partial charge < -0.3 is 4.74 Å². The molecule has 0 fully saturated rings. The lowest BCUT2D eigenvalue weighted by Gasteiger charge is -2.04. The van der Waals surface area contributed by atoms with Crippen LogP contribution in [-0.4, -0.2) is 5.97 Å². The number of ether oxygens (including phenoxy) is 1. The van der Waals surface area contributed by atoms with E-state index in [0.717, 1.165) is 20.8 Å². The van der Waals surface area contributed by atoms with Gasteiger partial charge in [-0.1, -0.05) is 58.4 Å². The van der Waals surface area contributed by atoms with Crippen LogP contribution in [0.5, 0.6) is 5.75 Å². The molecule has 108 valence electrons. The van der Waals surface area contributed by atoms with E-state index in [0.29, 0.717) is 5.75 Å². The fourth-order valence-corrected chi connectivity index (χ4v) is 2.68. The van der Waals surface area contributed by atoms with Gasteiger partial charge in [0.05, 0.1) is 0 Å². The summed E-state index contributed by atoms with van der Waals surface area (Å²) in [5.74, 6) is 0.145. The van der Waals surface area contributed by atoms with E-state index in [1.807, 2.05) is 60.7 Å². The van der Waals surface area contributed by atoms with Crippen molar-refractivity contribution in [1.82, 2.24) is 0 Å². The highest BCUT2D eigenvalue weighted by molar-refractivity contribution is 9.10. The third-order valence-electron chi connectivity index (χ3n) is 3.23. The lowest BCUT2D eigenvalue weighted by molar-refractivity contribution is -0.128. The normalized spacial score (nSPS) is 11.0. The summed E-state index contributed by atoms with van der Waals surface area (Å²) >= 11 is 3.50. The smallest absolute Gasteiger partial charge is 0.336 e. The van der Waals surface area contributed by atoms with Gasteiger partial charge in [-0.15, -0.1) is 0 Å². The summed E-state index contributed by atoms with van der Waals surface area (Å²) in [5.41, 5.74) is 0.960. The number of hydrogen-bond acceptors (Lipinski definition) is 2. The monoisotopic (exact) mass is 352 g/mol. The minimum atomic E-state index is -0.391. The van der Waals surface area contributed by atoms with Crippen LogP contribution in [0.15, 0.2) is 77.3 Å². The molecular formula is C19H13BrO2. The fourth-order valence-electron chi connectivity index (χ4n) is 2.16. The summed E-state index contributed by atoms with van der Waals surface area (Å²) in [7, 11) is 0. The zero-order chi connectivity index (χ0) is 15.4. The number of fused-ring (bicyclic) bond motifs is 1. The van der Waals surface area contributed by atoms with E-state index in [1.54, 1.807) is 12.1 Å². The van der Waals surface area contributed by atoms with Crippen LogP contribution in [0.25, 0.3) is 16.8 Å². The van der Waals surface area contributed by atoms with Crippen LogP contribution in [0.2, 0.25) is 0 Å². The first-order valence-electron chi connectivity index (χ1n) is 6.85. The van der Waals surface area contributed by atoms with Gasteiger partial charge in [-0.25, -0.2) is 4.79 Å². The molecular weight excluding hydrogens is 340 g/mol. The summed E-state index contributed by atoms with van der Waals surface area (Å²) in [6, 6.07) is 21.1. The van der Waals surface area contributed by atoms with Gasteiger partial charge in [0.15, 0.2) is 0 Å². The topological polar surface area (TPSA) is 26.3 Å². The molecule has 0 heterocycles. The average molecular weight is 353 g/mol. The lowest BCUT2D eigenvalue weighted by Crippen LogP contribution is -2.03. The van der Waals surface area contributed by atoms with Gasteiger partial charge in [0.25, 0.3) is 0 Å². The second kappa shape index (κ2) is 6.58. The van der Waals surface area contributed by atoms with E-state index >= 15 is 0 Å². The molecule has 0 saturated heterocycles. The molecule has 3 heteroatoms. The van der Waals surface area contributed by atoms with Gasteiger partial charge in [-0.3, -0.25) is 0 Å². The molecule has 0 aliphatic heterocycles. The number of carbonyl (C=O) groups is 1. The summed E-state index contributed by atoms with van der Waals surface area (Å²) in [6.45, 7) is 0. The van der Waals surface area contributed by atoms with Crippen molar-refractivity contribution in [1.29, 1.82) is 0 Å². The molecule has 0 unspecified atom stereocenters. The first kappa shape index (κ1) is 14.5. The summed E-state index contributed by atoms with van der Waals surface area (Å²) in [5, 5.41) is 2.11. The lowest BCUT2D eigenvalue weighted by atomic mass is 10.1. The first-order valence-corrected chi connectivity index (χ1v) is 7.65. The van der Waals surface area contributed by atoms with Crippen molar-refractivity contribution < 1.29 is 9.53 Å². The zero-order valence-electron chi connectivity index (χ0n) is 11.7. The molecule has 0 saturated carbocycles. The number of esters is 1. The van der Waals surface area contributed by atoms with Crippen molar-refractivity contribution >= 4 is 38.7 Å². The number of benzene rings is 3. The first-order chi connectivity index (χ1) is 10.7. The maximum absolute atomic E-state index is 11.9. The fraction of sp³-hybridized carbons (Fsp3) is 0. The van der Waals surface area contributed by atoms with E-state index in [4.69, 9.17) is 4.74 Å². The van der Waals surface area contributed by atoms with Gasteiger partial charge in [0.1, 0.15) is 5.75 Å². The summed E-state index contributed by atoms with van der Waals surface area (Å²) < 4.78 is 6.36. The predicted molar refractivity (Wildman–Crippen MR) is 92.8 cm³/mol. The highest BCUT2D eigenvalue weighted by atomic mass is 79.9. The van der Waals surface area contributed by atoms with Crippen LogP contribution in [0.4, 0.5) is 0 Å². The van der Waals surface area contributed by atoms with E-state index < -0.39 is 5.97 Å². The van der Waals surface area contributed by atoms with Crippen molar-refractivity contribution in [3.8, 4) is 5.75 Å². The zero-order valence-corrected chi connectivity index (χ0v) is 13.3. The van der Waals surface area contributed by atoms with Gasteiger partial charge in [0.2, 0.25) is 0 Å². The van der Waals surface area contributed by atoms with Gasteiger partial charge in [-0.2, -0.15) is 0 Å². The maximum atomic E-state index is 11.9. The van der Waals surface area contributed by atoms with Gasteiger partial charge in [0, 0.05) is 10.5 Å². The number of halogens is 1. The van der Waals surface area contributed by atoms with Crippen molar-refractivity contribution in [3.05, 3.63) is 82.8 Å². The Morgan fingerprint density at radius 1 is 0.955 bits per heavy atom. The maximum Gasteiger partial charge on any atom is 0.336 e. The molecule has 0 aliphatic carbocycles. The summed E-state index contributed by atoms with van der Waals surface area (Å²) in [4.78, 5) is 11.9. The van der Waals surface area contributed by atoms with E-state index in [1.165, 1.54) is 6.08 Å². The number of hydrogen-bond donors (Lipinski definition) is 0. The van der Waals surface area contributed by atoms with Crippen molar-refractivity contribution in [3.63, 3.8) is 0 Å². The molecule has 0 bridgehead atoms. The largest absolute Gasteiger partial charge is 0.423 e. The molecule has 0 aromatic heterocycles. The van der Waals surface area contributed by atoms with Crippen LogP contribution < -0.4 is 4.74 Å². The average Bonchev–Trinajstić information content (AvgIpc) is 2.54. The van der Waals surface area contributed by atoms with Crippen LogP contribution >= 0.6 is 15.9 Å². The second-order valence-corrected chi connectivity index (χ2v) is 5.64. The molecule has 3 aromatic carbocycles. The van der Waals surface area contributed by atoms with E-state index in [2.05, 4.69) is 15.9 Å². The molecule has 0 aliphatic rings. The van der Waals surface area contributed by atoms with Crippen molar-refractivity contribution in [2.75, 3.05) is 0 Å². The van der Waals surface area contributed by atoms with Gasteiger partial charge >= 0.3 is 5.97 Å². The molecule has 3 rings (SSSR count). The minimum absolute atomic E-state index is 0.391. The van der Waals surface area contributed by atoms with Crippen LogP contribution in [0.3, 0.4) is 0 Å². The standard InChI is InChI=1S/C19H13BrO2/c20-18-8-4-7-15-13-16(10-11-17(15)18)22-19(21)12-9-14-5-2-1-3-6-14/h1-13H/b12-9-. The third kappa shape index (κ3) is 3.43. The number of carbonyl (C=O) groups excluding carboxylic acids is 1. The molecule has 22 heavy (non-hydrogen) atoms. The second-order valence-electron chi connectivity index (χ2n) is 4.79. The highest BCUT2D eigenvalue weighted by Crippen LogP contribution is 2.27. The third-order valence-corrected chi connectivity index (χ3v) is 3.92. The Bertz CT molecular complexity index is 838. The molecule has 0 spiro atoms. The Hall–Kier alpha value is -2.39. The molecule has 0 amide bonds. The van der Waals surface area contributed by atoms with E-state index in [9.17, 15) is 4.79 Å². The molecule has 0 N–H and O–H groups in total. The highest BCUT2D eigenvalue weighted by Gasteiger charge is 2.03. The Kier molecular flexibility index (Phi) is 4.35. The Labute approximate surface area is 137 Å². The van der Waals surface area contributed by atoms with Gasteiger partial charge in [-0.05, 0) is 46.7 Å². The van der Waals surface area contributed by atoms with Crippen molar-refractivity contribution in [2.24, 2.45) is 0 Å². The Morgan fingerprint density at radius 2 is 1.77 bits per heavy atom. The van der Waals surface area contributed by atoms with Crippen molar-refractivity contribution in [2.45, 2.75) is 0 Å². The molecule has 2 nitrogen and oxygen atoms in total. The van der Waals surface area contributed by atoms with Crippen LogP contribution in [0, 0.1) is 0 Å². The molecule has 3 aromatic rings. The number of rotatable bonds is 3. The van der Waals surface area contributed by atoms with Crippen LogP contribution in [0.1, 0.15) is 5.56 Å². The molecule has 0 radical (unpaired) electrons. The molecule has 0 atom stereocenters. The SMILES string of the molecule is O=C(/C=C\c1ccccc1)Oc1ccc2c(Br)cccc2c1. The minimum Gasteiger partial charge on any atom is -0.423 e. The Balaban J connectivity index is 1.75. The summed E-state index contributed by atoms with van der Waals surface area (Å²) in [6.07, 6.45) is 3.17. The Morgan fingerprint density at radius 3 is 2.59 bits per heavy atom. The van der Waals surface area contributed by atoms with E-state index in [-0.39, 0.29) is 0 Å². The quantitative estimate of drug-likeness (QED) is 0.367. The predicted octanol–water partition coefficient (Wildman–Crippen LogP) is 5.22.